The zero-order valence-corrected chi connectivity index (χ0v) is 14.7. The van der Waals surface area contributed by atoms with Crippen molar-refractivity contribution in [2.45, 2.75) is 52.1 Å². The lowest BCUT2D eigenvalue weighted by Crippen LogP contribution is -2.48. The average molecular weight is 330 g/mol. The molecule has 2 rings (SSSR count). The number of carbonyl (C=O) groups excluding carboxylic acids is 1. The Balaban J connectivity index is 2.22. The van der Waals surface area contributed by atoms with E-state index in [-0.39, 0.29) is 5.91 Å². The summed E-state index contributed by atoms with van der Waals surface area (Å²) in [7, 11) is 0. The number of nitrogens with one attached hydrogen (secondary N) is 1. The Kier molecular flexibility index (Phi) is 6.22. The van der Waals surface area contributed by atoms with Crippen LogP contribution in [0.2, 0.25) is 0 Å². The number of rotatable bonds is 6. The van der Waals surface area contributed by atoms with E-state index in [1.165, 1.54) is 0 Å². The highest BCUT2D eigenvalue weighted by Gasteiger charge is 2.42. The van der Waals surface area contributed by atoms with Crippen molar-refractivity contribution in [3.63, 3.8) is 0 Å². The summed E-state index contributed by atoms with van der Waals surface area (Å²) in [4.78, 5) is 12.9. The summed E-state index contributed by atoms with van der Waals surface area (Å²) in [6, 6.07) is 7.25. The maximum atomic E-state index is 12.9. The lowest BCUT2D eigenvalue weighted by atomic mass is 9.78. The molecule has 0 saturated heterocycles. The summed E-state index contributed by atoms with van der Waals surface area (Å²) in [6.45, 7) is 6.97. The quantitative estimate of drug-likeness (QED) is 0.859. The summed E-state index contributed by atoms with van der Waals surface area (Å²) in [6.07, 6.45) is 3.53. The normalized spacial score (nSPS) is 23.3. The lowest BCUT2D eigenvalue weighted by Gasteiger charge is -2.38. The fraction of sp³-hybridized carbons (Fsp3) is 0.579. The maximum Gasteiger partial charge on any atom is 0.256 e. The molecule has 1 aromatic carbocycles. The van der Waals surface area contributed by atoms with Gasteiger partial charge in [-0.15, -0.1) is 0 Å². The van der Waals surface area contributed by atoms with Crippen molar-refractivity contribution in [2.75, 3.05) is 18.5 Å². The first-order chi connectivity index (χ1) is 11.5. The predicted molar refractivity (Wildman–Crippen MR) is 92.9 cm³/mol. The zero-order chi connectivity index (χ0) is 17.6. The fourth-order valence-electron chi connectivity index (χ4n) is 3.40. The van der Waals surface area contributed by atoms with Crippen molar-refractivity contribution in [3.8, 4) is 11.8 Å². The van der Waals surface area contributed by atoms with Crippen molar-refractivity contribution < 1.29 is 14.3 Å². The van der Waals surface area contributed by atoms with Crippen molar-refractivity contribution in [2.24, 2.45) is 5.92 Å². The van der Waals surface area contributed by atoms with Gasteiger partial charge in [-0.25, -0.2) is 0 Å². The molecular weight excluding hydrogens is 304 g/mol. The van der Waals surface area contributed by atoms with Gasteiger partial charge in [0, 0.05) is 6.61 Å². The van der Waals surface area contributed by atoms with E-state index in [0.29, 0.717) is 42.6 Å². The number of carbonyl (C=O) groups is 1. The van der Waals surface area contributed by atoms with Crippen LogP contribution in [0.5, 0.6) is 5.75 Å². The number of hydrogen-bond acceptors (Lipinski definition) is 4. The molecule has 2 atom stereocenters. The minimum atomic E-state index is -0.794. The largest absolute Gasteiger partial charge is 0.494 e. The Labute approximate surface area is 144 Å². The number of ether oxygens (including phenoxy) is 2. The number of anilines is 1. The van der Waals surface area contributed by atoms with Gasteiger partial charge in [0.15, 0.2) is 0 Å². The van der Waals surface area contributed by atoms with Crippen LogP contribution in [0.4, 0.5) is 5.69 Å². The molecule has 1 aliphatic rings. The van der Waals surface area contributed by atoms with Gasteiger partial charge >= 0.3 is 0 Å². The third-order valence-corrected chi connectivity index (χ3v) is 4.46. The standard InChI is InChI=1S/C19H26N2O3/c1-4-23-16-8-9-17(15(11-16)13-20)21-18(22)19(24-5-2)10-6-7-14(3)12-19/h8-9,11,14H,4-7,10,12H2,1-3H3,(H,21,22)/t14-,19-/m0/s1. The van der Waals surface area contributed by atoms with E-state index in [1.807, 2.05) is 13.8 Å². The van der Waals surface area contributed by atoms with Gasteiger partial charge in [-0.1, -0.05) is 13.3 Å². The number of nitrogens with zero attached hydrogens (tertiary/aromatic N) is 1. The van der Waals surface area contributed by atoms with Gasteiger partial charge in [0.2, 0.25) is 0 Å². The molecule has 1 aromatic rings. The molecule has 1 N–H and O–H groups in total. The topological polar surface area (TPSA) is 71.3 Å². The van der Waals surface area contributed by atoms with Gasteiger partial charge < -0.3 is 14.8 Å². The van der Waals surface area contributed by atoms with Crippen molar-refractivity contribution in [3.05, 3.63) is 23.8 Å². The van der Waals surface area contributed by atoms with Gasteiger partial charge in [-0.3, -0.25) is 4.79 Å². The first-order valence-corrected chi connectivity index (χ1v) is 8.67. The van der Waals surface area contributed by atoms with Gasteiger partial charge in [-0.2, -0.15) is 5.26 Å². The second kappa shape index (κ2) is 8.16. The molecule has 0 aliphatic heterocycles. The summed E-state index contributed by atoms with van der Waals surface area (Å²) < 4.78 is 11.3. The number of amides is 1. The number of nitriles is 1. The van der Waals surface area contributed by atoms with Crippen LogP contribution in [0.1, 0.15) is 52.0 Å². The van der Waals surface area contributed by atoms with Crippen LogP contribution in [0.3, 0.4) is 0 Å². The van der Waals surface area contributed by atoms with Crippen LogP contribution >= 0.6 is 0 Å². The van der Waals surface area contributed by atoms with E-state index >= 15 is 0 Å². The number of hydrogen-bond donors (Lipinski definition) is 1. The van der Waals surface area contributed by atoms with Crippen LogP contribution in [0, 0.1) is 17.2 Å². The Hall–Kier alpha value is -2.06. The van der Waals surface area contributed by atoms with E-state index in [2.05, 4.69) is 18.3 Å². The summed E-state index contributed by atoms with van der Waals surface area (Å²) >= 11 is 0. The molecule has 0 spiro atoms. The Morgan fingerprint density at radius 1 is 1.42 bits per heavy atom. The third kappa shape index (κ3) is 4.07. The molecule has 0 aromatic heterocycles. The van der Waals surface area contributed by atoms with Gasteiger partial charge in [0.05, 0.1) is 17.9 Å². The van der Waals surface area contributed by atoms with E-state index < -0.39 is 5.60 Å². The first-order valence-electron chi connectivity index (χ1n) is 8.67. The molecule has 5 nitrogen and oxygen atoms in total. The molecule has 0 radical (unpaired) electrons. The van der Waals surface area contributed by atoms with Crippen molar-refractivity contribution in [1.29, 1.82) is 5.26 Å². The lowest BCUT2D eigenvalue weighted by molar-refractivity contribution is -0.147. The van der Waals surface area contributed by atoms with Crippen LogP contribution in [0.25, 0.3) is 0 Å². The molecule has 5 heteroatoms. The minimum Gasteiger partial charge on any atom is -0.494 e. The van der Waals surface area contributed by atoms with Crippen LogP contribution in [-0.4, -0.2) is 24.7 Å². The Morgan fingerprint density at radius 2 is 2.21 bits per heavy atom. The van der Waals surface area contributed by atoms with E-state index in [0.717, 1.165) is 19.3 Å². The van der Waals surface area contributed by atoms with Crippen molar-refractivity contribution in [1.82, 2.24) is 0 Å². The van der Waals surface area contributed by atoms with Crippen molar-refractivity contribution >= 4 is 11.6 Å². The molecule has 1 amide bonds. The smallest absolute Gasteiger partial charge is 0.256 e. The Bertz CT molecular complexity index is 620. The summed E-state index contributed by atoms with van der Waals surface area (Å²) in [5.74, 6) is 0.918. The molecule has 1 saturated carbocycles. The minimum absolute atomic E-state index is 0.156. The van der Waals surface area contributed by atoms with E-state index in [4.69, 9.17) is 9.47 Å². The van der Waals surface area contributed by atoms with Crippen LogP contribution in [0.15, 0.2) is 18.2 Å². The molecule has 0 bridgehead atoms. The molecule has 0 heterocycles. The first kappa shape index (κ1) is 18.3. The monoisotopic (exact) mass is 330 g/mol. The predicted octanol–water partition coefficient (Wildman–Crippen LogP) is 3.88. The zero-order valence-electron chi connectivity index (χ0n) is 14.7. The third-order valence-electron chi connectivity index (χ3n) is 4.46. The summed E-state index contributed by atoms with van der Waals surface area (Å²) in [5, 5.41) is 12.3. The fourth-order valence-corrected chi connectivity index (χ4v) is 3.40. The molecular formula is C19H26N2O3. The second-order valence-electron chi connectivity index (χ2n) is 6.34. The number of benzene rings is 1. The van der Waals surface area contributed by atoms with Crippen LogP contribution < -0.4 is 10.1 Å². The molecule has 24 heavy (non-hydrogen) atoms. The molecule has 1 fully saturated rings. The maximum absolute atomic E-state index is 12.9. The van der Waals surface area contributed by atoms with E-state index in [9.17, 15) is 10.1 Å². The second-order valence-corrected chi connectivity index (χ2v) is 6.34. The van der Waals surface area contributed by atoms with E-state index in [1.54, 1.807) is 18.2 Å². The molecule has 0 unspecified atom stereocenters. The highest BCUT2D eigenvalue weighted by atomic mass is 16.5. The highest BCUT2D eigenvalue weighted by Crippen LogP contribution is 2.36. The summed E-state index contributed by atoms with van der Waals surface area (Å²) in [5.41, 5.74) is 0.102. The highest BCUT2D eigenvalue weighted by molar-refractivity contribution is 5.98. The SMILES string of the molecule is CCOc1ccc(NC(=O)[C@]2(OCC)CCC[C@H](C)C2)c(C#N)c1. The molecule has 130 valence electrons. The van der Waals surface area contributed by atoms with Gasteiger partial charge in [-0.05, 0) is 57.2 Å². The molecule has 1 aliphatic carbocycles. The Morgan fingerprint density at radius 3 is 2.83 bits per heavy atom. The van der Waals surface area contributed by atoms with Crippen LogP contribution in [-0.2, 0) is 9.53 Å². The van der Waals surface area contributed by atoms with Gasteiger partial charge in [0.25, 0.3) is 5.91 Å². The van der Waals surface area contributed by atoms with Gasteiger partial charge in [0.1, 0.15) is 17.4 Å². The average Bonchev–Trinajstić information content (AvgIpc) is 2.56.